The first kappa shape index (κ1) is 22.2. The molecule has 0 saturated heterocycles. The molecular formula is C20H29NO6S. The Labute approximate surface area is 167 Å². The zero-order valence-corrected chi connectivity index (χ0v) is 17.5. The van der Waals surface area contributed by atoms with Gasteiger partial charge in [-0.1, -0.05) is 32.1 Å². The van der Waals surface area contributed by atoms with Gasteiger partial charge in [-0.3, -0.25) is 0 Å². The first-order valence-corrected chi connectivity index (χ1v) is 10.9. The van der Waals surface area contributed by atoms with Gasteiger partial charge in [-0.25, -0.2) is 17.9 Å². The highest BCUT2D eigenvalue weighted by atomic mass is 32.2. The van der Waals surface area contributed by atoms with Crippen molar-refractivity contribution < 1.29 is 27.4 Å². The summed E-state index contributed by atoms with van der Waals surface area (Å²) in [6.45, 7) is 0. The molecular weight excluding hydrogens is 382 g/mol. The quantitative estimate of drug-likeness (QED) is 0.547. The van der Waals surface area contributed by atoms with Crippen LogP contribution in [0.1, 0.15) is 50.5 Å². The Morgan fingerprint density at radius 1 is 1.04 bits per heavy atom. The maximum Gasteiger partial charge on any atom is 0.330 e. The number of sulfonamides is 1. The van der Waals surface area contributed by atoms with Crippen molar-refractivity contribution in [3.8, 4) is 11.5 Å². The lowest BCUT2D eigenvalue weighted by atomic mass is 9.97. The Kier molecular flexibility index (Phi) is 8.32. The molecule has 7 nitrogen and oxygen atoms in total. The molecule has 0 atom stereocenters. The van der Waals surface area contributed by atoms with Crippen LogP contribution in [-0.4, -0.2) is 41.8 Å². The van der Waals surface area contributed by atoms with Gasteiger partial charge in [0.2, 0.25) is 10.0 Å². The molecule has 156 valence electrons. The summed E-state index contributed by atoms with van der Waals surface area (Å²) in [7, 11) is 0.273. The zero-order chi connectivity index (χ0) is 20.6. The molecule has 0 aliphatic heterocycles. The molecule has 0 radical (unpaired) electrons. The molecule has 1 aromatic rings. The Bertz CT molecular complexity index is 795. The molecule has 2 rings (SSSR count). The summed E-state index contributed by atoms with van der Waals surface area (Å²) in [6.07, 6.45) is 9.82. The SMILES string of the molecule is COC(=O)/C=C/c1cc(OC)c(OC)c(S(=O)(=O)NC2CCCCCCC2)c1. The predicted molar refractivity (Wildman–Crippen MR) is 107 cm³/mol. The fourth-order valence-corrected chi connectivity index (χ4v) is 4.86. The molecule has 1 aliphatic rings. The van der Waals surface area contributed by atoms with Crippen LogP contribution in [-0.2, 0) is 19.6 Å². The van der Waals surface area contributed by atoms with Crippen LogP contribution in [0.2, 0.25) is 0 Å². The minimum absolute atomic E-state index is 0.0130. The topological polar surface area (TPSA) is 90.9 Å². The average Bonchev–Trinajstić information content (AvgIpc) is 2.67. The highest BCUT2D eigenvalue weighted by molar-refractivity contribution is 7.89. The normalized spacial score (nSPS) is 16.4. The van der Waals surface area contributed by atoms with Gasteiger partial charge < -0.3 is 14.2 Å². The lowest BCUT2D eigenvalue weighted by Crippen LogP contribution is -2.35. The number of hydrogen-bond donors (Lipinski definition) is 1. The van der Waals surface area contributed by atoms with Gasteiger partial charge in [-0.15, -0.1) is 0 Å². The van der Waals surface area contributed by atoms with E-state index < -0.39 is 16.0 Å². The van der Waals surface area contributed by atoms with E-state index in [1.165, 1.54) is 46.0 Å². The predicted octanol–water partition coefficient (Wildman–Crippen LogP) is 3.28. The van der Waals surface area contributed by atoms with Gasteiger partial charge in [-0.2, -0.15) is 0 Å². The van der Waals surface area contributed by atoms with Gasteiger partial charge in [0.1, 0.15) is 4.90 Å². The number of carbonyl (C=O) groups excluding carboxylic acids is 1. The first-order valence-electron chi connectivity index (χ1n) is 9.45. The summed E-state index contributed by atoms with van der Waals surface area (Å²) >= 11 is 0. The summed E-state index contributed by atoms with van der Waals surface area (Å²) < 4.78 is 44.3. The van der Waals surface area contributed by atoms with Crippen molar-refractivity contribution in [1.82, 2.24) is 4.72 Å². The van der Waals surface area contributed by atoms with Crippen molar-refractivity contribution in [2.45, 2.75) is 55.9 Å². The maximum atomic E-state index is 13.1. The van der Waals surface area contributed by atoms with E-state index in [1.54, 1.807) is 6.07 Å². The first-order chi connectivity index (χ1) is 13.4. The molecule has 0 spiro atoms. The van der Waals surface area contributed by atoms with Gasteiger partial charge in [0.15, 0.2) is 11.5 Å². The van der Waals surface area contributed by atoms with Crippen LogP contribution in [0.25, 0.3) is 6.08 Å². The lowest BCUT2D eigenvalue weighted by molar-refractivity contribution is -0.134. The van der Waals surface area contributed by atoms with Crippen molar-refractivity contribution in [3.05, 3.63) is 23.8 Å². The van der Waals surface area contributed by atoms with Crippen LogP contribution >= 0.6 is 0 Å². The van der Waals surface area contributed by atoms with Crippen LogP contribution < -0.4 is 14.2 Å². The third-order valence-electron chi connectivity index (χ3n) is 4.80. The molecule has 0 amide bonds. The second kappa shape index (κ2) is 10.5. The molecule has 1 saturated carbocycles. The third-order valence-corrected chi connectivity index (χ3v) is 6.32. The Hall–Kier alpha value is -2.06. The number of esters is 1. The van der Waals surface area contributed by atoms with Gasteiger partial charge in [0.25, 0.3) is 0 Å². The van der Waals surface area contributed by atoms with Gasteiger partial charge >= 0.3 is 5.97 Å². The standard InChI is InChI=1S/C20H29NO6S/c1-25-17-13-15(11-12-19(22)26-2)14-18(20(17)27-3)28(23,24)21-16-9-7-5-4-6-8-10-16/h11-14,16,21H,4-10H2,1-3H3/b12-11+. The average molecular weight is 412 g/mol. The third kappa shape index (κ3) is 5.97. The summed E-state index contributed by atoms with van der Waals surface area (Å²) in [5.41, 5.74) is 0.487. The Balaban J connectivity index is 2.39. The highest BCUT2D eigenvalue weighted by Gasteiger charge is 2.26. The van der Waals surface area contributed by atoms with E-state index in [4.69, 9.17) is 9.47 Å². The second-order valence-corrected chi connectivity index (χ2v) is 8.46. The molecule has 1 aromatic carbocycles. The molecule has 0 unspecified atom stereocenters. The van der Waals surface area contributed by atoms with E-state index in [-0.39, 0.29) is 22.4 Å². The smallest absolute Gasteiger partial charge is 0.330 e. The number of ether oxygens (including phenoxy) is 3. The van der Waals surface area contributed by atoms with Crippen molar-refractivity contribution in [3.63, 3.8) is 0 Å². The van der Waals surface area contributed by atoms with E-state index in [2.05, 4.69) is 9.46 Å². The summed E-state index contributed by atoms with van der Waals surface area (Å²) in [6, 6.07) is 2.97. The monoisotopic (exact) mass is 411 g/mol. The van der Waals surface area contributed by atoms with E-state index in [0.29, 0.717) is 5.56 Å². The van der Waals surface area contributed by atoms with E-state index in [9.17, 15) is 13.2 Å². The molecule has 0 heterocycles. The van der Waals surface area contributed by atoms with Crippen LogP contribution in [0.4, 0.5) is 0 Å². The summed E-state index contributed by atoms with van der Waals surface area (Å²) in [4.78, 5) is 11.4. The highest BCUT2D eigenvalue weighted by Crippen LogP contribution is 2.36. The van der Waals surface area contributed by atoms with Crippen molar-refractivity contribution in [2.75, 3.05) is 21.3 Å². The van der Waals surface area contributed by atoms with Crippen LogP contribution in [0.3, 0.4) is 0 Å². The Morgan fingerprint density at radius 3 is 2.25 bits per heavy atom. The number of hydrogen-bond acceptors (Lipinski definition) is 6. The fraction of sp³-hybridized carbons (Fsp3) is 0.550. The van der Waals surface area contributed by atoms with E-state index in [1.807, 2.05) is 0 Å². The van der Waals surface area contributed by atoms with Crippen molar-refractivity contribution >= 4 is 22.1 Å². The summed E-state index contributed by atoms with van der Waals surface area (Å²) in [5.74, 6) is -0.129. The molecule has 1 fully saturated rings. The van der Waals surface area contributed by atoms with Crippen LogP contribution in [0.5, 0.6) is 11.5 Å². The largest absolute Gasteiger partial charge is 0.493 e. The van der Waals surface area contributed by atoms with E-state index >= 15 is 0 Å². The minimum Gasteiger partial charge on any atom is -0.493 e. The van der Waals surface area contributed by atoms with Crippen LogP contribution in [0, 0.1) is 0 Å². The van der Waals surface area contributed by atoms with Gasteiger partial charge in [0, 0.05) is 12.1 Å². The van der Waals surface area contributed by atoms with Crippen LogP contribution in [0.15, 0.2) is 23.1 Å². The van der Waals surface area contributed by atoms with E-state index in [0.717, 1.165) is 38.5 Å². The van der Waals surface area contributed by atoms with Gasteiger partial charge in [0.05, 0.1) is 21.3 Å². The van der Waals surface area contributed by atoms with Crippen molar-refractivity contribution in [1.29, 1.82) is 0 Å². The molecule has 1 aliphatic carbocycles. The summed E-state index contributed by atoms with van der Waals surface area (Å²) in [5, 5.41) is 0. The van der Waals surface area contributed by atoms with Crippen molar-refractivity contribution in [2.24, 2.45) is 0 Å². The number of rotatable bonds is 7. The minimum atomic E-state index is -3.84. The molecule has 8 heteroatoms. The Morgan fingerprint density at radius 2 is 1.68 bits per heavy atom. The molecule has 1 N–H and O–H groups in total. The van der Waals surface area contributed by atoms with Gasteiger partial charge in [-0.05, 0) is 36.6 Å². The number of carbonyl (C=O) groups is 1. The molecule has 0 bridgehead atoms. The lowest BCUT2D eigenvalue weighted by Gasteiger charge is -2.22. The molecule has 28 heavy (non-hydrogen) atoms. The maximum absolute atomic E-state index is 13.1. The number of methoxy groups -OCH3 is 3. The number of nitrogens with one attached hydrogen (secondary N) is 1. The second-order valence-electron chi connectivity index (χ2n) is 6.77. The molecule has 0 aromatic heterocycles. The number of benzene rings is 1. The zero-order valence-electron chi connectivity index (χ0n) is 16.7. The fourth-order valence-electron chi connectivity index (χ4n) is 3.33.